The van der Waals surface area contributed by atoms with Gasteiger partial charge in [0.1, 0.15) is 0 Å². The summed E-state index contributed by atoms with van der Waals surface area (Å²) in [7, 11) is 0. The fourth-order valence-electron chi connectivity index (χ4n) is 3.57. The average Bonchev–Trinajstić information content (AvgIpc) is 2.62. The summed E-state index contributed by atoms with van der Waals surface area (Å²) in [6, 6.07) is 4.18. The first-order valence-corrected chi connectivity index (χ1v) is 9.37. The topological polar surface area (TPSA) is 105 Å². The van der Waals surface area contributed by atoms with Crippen molar-refractivity contribution in [2.24, 2.45) is 11.7 Å². The van der Waals surface area contributed by atoms with E-state index in [4.69, 9.17) is 15.7 Å². The molecule has 0 spiro atoms. The van der Waals surface area contributed by atoms with Gasteiger partial charge in [0.05, 0.1) is 10.6 Å². The standard InChI is InChI=1S/C19H29N3O4/c1-3-26-18(16(20)11-14-7-5-4-6-8-14)19(23)21-17-12-15(22(24)25)10-9-13(17)2/h9-10,12,14,16,18H,3-8,11,20H2,1-2H3,(H-,21,23,24,25)/p+1/t16-,18?/m1/s1. The van der Waals surface area contributed by atoms with E-state index in [-0.39, 0.29) is 22.6 Å². The molecule has 7 nitrogen and oxygen atoms in total. The highest BCUT2D eigenvalue weighted by molar-refractivity contribution is 5.95. The number of carbonyl (C=O) groups is 1. The van der Waals surface area contributed by atoms with Gasteiger partial charge in [-0.25, -0.2) is 5.21 Å². The van der Waals surface area contributed by atoms with Gasteiger partial charge in [-0.05, 0) is 31.7 Å². The van der Waals surface area contributed by atoms with Crippen molar-refractivity contribution in [1.29, 1.82) is 0 Å². The van der Waals surface area contributed by atoms with Crippen LogP contribution in [0.3, 0.4) is 0 Å². The number of carbonyl (C=O) groups excluding carboxylic acids is 1. The predicted octanol–water partition coefficient (Wildman–Crippen LogP) is 3.44. The van der Waals surface area contributed by atoms with Gasteiger partial charge in [0.2, 0.25) is 0 Å². The van der Waals surface area contributed by atoms with Gasteiger partial charge >= 0.3 is 5.69 Å². The SMILES string of the molecule is CCOC(C(=O)Nc1cc([N+](=O)O)ccc1C)[C@H](N)CC1CCCCC1. The maximum absolute atomic E-state index is 12.7. The van der Waals surface area contributed by atoms with Crippen molar-refractivity contribution in [3.8, 4) is 0 Å². The number of benzene rings is 1. The fourth-order valence-corrected chi connectivity index (χ4v) is 3.57. The van der Waals surface area contributed by atoms with Gasteiger partial charge in [-0.2, -0.15) is 0 Å². The number of rotatable bonds is 8. The number of hydrogen-bond donors (Lipinski definition) is 3. The molecular formula is C19H30N3O4+. The number of nitrogens with one attached hydrogen (secondary N) is 1. The van der Waals surface area contributed by atoms with Gasteiger partial charge in [-0.3, -0.25) is 4.79 Å². The zero-order valence-corrected chi connectivity index (χ0v) is 15.6. The van der Waals surface area contributed by atoms with Crippen LogP contribution in [-0.4, -0.2) is 34.8 Å². The first kappa shape index (κ1) is 20.3. The molecule has 0 bridgehead atoms. The van der Waals surface area contributed by atoms with Crippen molar-refractivity contribution in [3.05, 3.63) is 28.7 Å². The molecule has 0 saturated heterocycles. The maximum atomic E-state index is 12.7. The fraction of sp³-hybridized carbons (Fsp3) is 0.632. The van der Waals surface area contributed by atoms with Crippen LogP contribution in [0, 0.1) is 17.7 Å². The Balaban J connectivity index is 2.07. The van der Waals surface area contributed by atoms with E-state index in [9.17, 15) is 9.70 Å². The summed E-state index contributed by atoms with van der Waals surface area (Å²) in [6.07, 6.45) is 6.06. The third kappa shape index (κ3) is 5.51. The smallest absolute Gasteiger partial charge is 0.318 e. The molecule has 1 amide bonds. The van der Waals surface area contributed by atoms with E-state index >= 15 is 0 Å². The minimum atomic E-state index is -0.748. The first-order valence-electron chi connectivity index (χ1n) is 9.37. The van der Waals surface area contributed by atoms with Crippen molar-refractivity contribution in [2.45, 2.75) is 64.5 Å². The van der Waals surface area contributed by atoms with Crippen molar-refractivity contribution >= 4 is 17.3 Å². The van der Waals surface area contributed by atoms with E-state index in [1.54, 1.807) is 6.07 Å². The van der Waals surface area contributed by atoms with Gasteiger partial charge in [0.25, 0.3) is 10.8 Å². The lowest BCUT2D eigenvalue weighted by Gasteiger charge is -2.28. The van der Waals surface area contributed by atoms with E-state index in [1.165, 1.54) is 31.4 Å². The van der Waals surface area contributed by atoms with Gasteiger partial charge in [0.15, 0.2) is 6.10 Å². The monoisotopic (exact) mass is 364 g/mol. The van der Waals surface area contributed by atoms with Crippen LogP contribution in [0.5, 0.6) is 0 Å². The number of nitrogens with two attached hydrogens (primary N) is 1. The second-order valence-electron chi connectivity index (χ2n) is 7.04. The van der Waals surface area contributed by atoms with Crippen molar-refractivity contribution < 1.29 is 19.7 Å². The summed E-state index contributed by atoms with van der Waals surface area (Å²) in [4.78, 5) is 23.6. The summed E-state index contributed by atoms with van der Waals surface area (Å²) in [6.45, 7) is 4.03. The Morgan fingerprint density at radius 2 is 2.08 bits per heavy atom. The van der Waals surface area contributed by atoms with Crippen molar-refractivity contribution in [1.82, 2.24) is 0 Å². The van der Waals surface area contributed by atoms with Crippen LogP contribution in [0.4, 0.5) is 11.4 Å². The van der Waals surface area contributed by atoms with Crippen molar-refractivity contribution in [2.75, 3.05) is 11.9 Å². The summed E-state index contributed by atoms with van der Waals surface area (Å²) >= 11 is 0. The minimum Gasteiger partial charge on any atom is -0.367 e. The Morgan fingerprint density at radius 1 is 1.38 bits per heavy atom. The van der Waals surface area contributed by atoms with Crippen LogP contribution >= 0.6 is 0 Å². The normalized spacial score (nSPS) is 17.5. The highest BCUT2D eigenvalue weighted by atomic mass is 16.6. The van der Waals surface area contributed by atoms with Gasteiger partial charge < -0.3 is 15.8 Å². The predicted molar refractivity (Wildman–Crippen MR) is 99.5 cm³/mol. The Labute approximate surface area is 154 Å². The Kier molecular flexibility index (Phi) is 7.53. The molecule has 1 aliphatic rings. The first-order chi connectivity index (χ1) is 12.4. The molecule has 1 aliphatic carbocycles. The number of nitrogens with zero attached hydrogens (tertiary/aromatic N) is 1. The van der Waals surface area contributed by atoms with Gasteiger partial charge in [-0.15, -0.1) is 0 Å². The molecule has 2 atom stereocenters. The molecular weight excluding hydrogens is 334 g/mol. The summed E-state index contributed by atoms with van der Waals surface area (Å²) in [5, 5.41) is 11.8. The van der Waals surface area contributed by atoms with E-state index in [0.29, 0.717) is 18.2 Å². The lowest BCUT2D eigenvalue weighted by atomic mass is 9.84. The van der Waals surface area contributed by atoms with E-state index in [1.807, 2.05) is 13.8 Å². The summed E-state index contributed by atoms with van der Waals surface area (Å²) < 4.78 is 5.64. The van der Waals surface area contributed by atoms with Gasteiger partial charge in [-0.1, -0.05) is 38.2 Å². The van der Waals surface area contributed by atoms with Crippen LogP contribution in [0.25, 0.3) is 0 Å². The third-order valence-corrected chi connectivity index (χ3v) is 5.02. The van der Waals surface area contributed by atoms with E-state index in [2.05, 4.69) is 5.32 Å². The van der Waals surface area contributed by atoms with Crippen molar-refractivity contribution in [3.63, 3.8) is 0 Å². The highest BCUT2D eigenvalue weighted by Crippen LogP contribution is 2.28. The molecule has 4 N–H and O–H groups in total. The average molecular weight is 364 g/mol. The number of aryl methyl sites for hydroxylation is 1. The number of anilines is 1. The maximum Gasteiger partial charge on any atom is 0.318 e. The lowest BCUT2D eigenvalue weighted by Crippen LogP contribution is -2.46. The highest BCUT2D eigenvalue weighted by Gasteiger charge is 2.29. The second kappa shape index (κ2) is 9.64. The summed E-state index contributed by atoms with van der Waals surface area (Å²) in [5.74, 6) is 0.216. The molecule has 1 unspecified atom stereocenters. The Bertz CT molecular complexity index is 629. The lowest BCUT2D eigenvalue weighted by molar-refractivity contribution is -0.729. The van der Waals surface area contributed by atoms with Crippen LogP contribution in [-0.2, 0) is 9.53 Å². The quantitative estimate of drug-likeness (QED) is 0.613. The minimum absolute atomic E-state index is 0.0466. The summed E-state index contributed by atoms with van der Waals surface area (Å²) in [5.41, 5.74) is 7.60. The number of hydrogen-bond acceptors (Lipinski definition) is 4. The molecule has 2 rings (SSSR count). The molecule has 0 radical (unpaired) electrons. The molecule has 1 aromatic carbocycles. The molecule has 1 saturated carbocycles. The zero-order valence-electron chi connectivity index (χ0n) is 15.6. The Morgan fingerprint density at radius 3 is 2.69 bits per heavy atom. The molecule has 26 heavy (non-hydrogen) atoms. The van der Waals surface area contributed by atoms with E-state index in [0.717, 1.165) is 24.8 Å². The van der Waals surface area contributed by atoms with Crippen LogP contribution < -0.4 is 11.1 Å². The van der Waals surface area contributed by atoms with Crippen LogP contribution in [0.15, 0.2) is 18.2 Å². The third-order valence-electron chi connectivity index (χ3n) is 5.02. The number of amides is 1. The molecule has 0 aliphatic heterocycles. The molecule has 0 heterocycles. The molecule has 1 aromatic rings. The molecule has 0 aromatic heterocycles. The number of ether oxygens (including phenoxy) is 1. The largest absolute Gasteiger partial charge is 0.367 e. The molecule has 1 fully saturated rings. The van der Waals surface area contributed by atoms with E-state index < -0.39 is 6.10 Å². The zero-order chi connectivity index (χ0) is 19.1. The second-order valence-corrected chi connectivity index (χ2v) is 7.04. The van der Waals surface area contributed by atoms with Crippen LogP contribution in [0.1, 0.15) is 51.0 Å². The molecule has 144 valence electrons. The Hall–Kier alpha value is -1.99. The van der Waals surface area contributed by atoms with Gasteiger partial charge in [0, 0.05) is 24.8 Å². The molecule has 7 heteroatoms. The van der Waals surface area contributed by atoms with Crippen LogP contribution in [0.2, 0.25) is 0 Å².